The Morgan fingerprint density at radius 2 is 1.95 bits per heavy atom. The zero-order chi connectivity index (χ0) is 14.5. The van der Waals surface area contributed by atoms with Gasteiger partial charge in [0.15, 0.2) is 6.04 Å². The molecular formula is C13H24N2O4. The standard InChI is InChI=1S/C13H24N2O4/c1-3-4-13(5-7-14-8-6-13)12(19)15-10(9(2)16)11(17)18/h9-10,14,16H,3-8H2,1-2H3,(H,15,19)(H,17,18)/t9-,10+/m1/s1. The number of carboxylic acid groups (broad SMARTS) is 1. The van der Waals surface area contributed by atoms with E-state index in [0.29, 0.717) is 12.8 Å². The fraction of sp³-hybridized carbons (Fsp3) is 0.846. The van der Waals surface area contributed by atoms with Crippen LogP contribution in [0.15, 0.2) is 0 Å². The van der Waals surface area contributed by atoms with E-state index in [4.69, 9.17) is 5.11 Å². The van der Waals surface area contributed by atoms with E-state index in [9.17, 15) is 14.7 Å². The van der Waals surface area contributed by atoms with Gasteiger partial charge in [0.25, 0.3) is 0 Å². The van der Waals surface area contributed by atoms with Crippen molar-refractivity contribution in [2.75, 3.05) is 13.1 Å². The third-order valence-corrected chi connectivity index (χ3v) is 3.81. The first-order valence-electron chi connectivity index (χ1n) is 6.85. The number of aliphatic hydroxyl groups is 1. The van der Waals surface area contributed by atoms with E-state index in [1.54, 1.807) is 0 Å². The van der Waals surface area contributed by atoms with Crippen molar-refractivity contribution in [3.05, 3.63) is 0 Å². The largest absolute Gasteiger partial charge is 0.480 e. The first-order valence-corrected chi connectivity index (χ1v) is 6.85. The second-order valence-corrected chi connectivity index (χ2v) is 5.31. The van der Waals surface area contributed by atoms with Crippen LogP contribution in [0.4, 0.5) is 0 Å². The molecule has 19 heavy (non-hydrogen) atoms. The molecule has 0 aromatic carbocycles. The van der Waals surface area contributed by atoms with Crippen LogP contribution < -0.4 is 10.6 Å². The molecule has 0 bridgehead atoms. The molecule has 0 spiro atoms. The van der Waals surface area contributed by atoms with Crippen LogP contribution in [0.1, 0.15) is 39.5 Å². The predicted molar refractivity (Wildman–Crippen MR) is 70.7 cm³/mol. The van der Waals surface area contributed by atoms with E-state index < -0.39 is 23.5 Å². The van der Waals surface area contributed by atoms with Crippen molar-refractivity contribution in [3.63, 3.8) is 0 Å². The van der Waals surface area contributed by atoms with Gasteiger partial charge in [0.05, 0.1) is 11.5 Å². The first-order chi connectivity index (χ1) is 8.93. The summed E-state index contributed by atoms with van der Waals surface area (Å²) >= 11 is 0. The van der Waals surface area contributed by atoms with Crippen molar-refractivity contribution in [1.29, 1.82) is 0 Å². The molecule has 1 heterocycles. The molecular weight excluding hydrogens is 248 g/mol. The van der Waals surface area contributed by atoms with Crippen LogP contribution in [0.2, 0.25) is 0 Å². The van der Waals surface area contributed by atoms with Crippen molar-refractivity contribution in [2.24, 2.45) is 5.41 Å². The van der Waals surface area contributed by atoms with Gasteiger partial charge in [0, 0.05) is 0 Å². The molecule has 0 saturated carbocycles. The molecule has 1 saturated heterocycles. The lowest BCUT2D eigenvalue weighted by Crippen LogP contribution is -2.55. The van der Waals surface area contributed by atoms with Crippen molar-refractivity contribution in [2.45, 2.75) is 51.7 Å². The van der Waals surface area contributed by atoms with E-state index in [0.717, 1.165) is 25.9 Å². The molecule has 4 N–H and O–H groups in total. The molecule has 6 heteroatoms. The minimum absolute atomic E-state index is 0.246. The number of piperidine rings is 1. The van der Waals surface area contributed by atoms with Crippen LogP contribution >= 0.6 is 0 Å². The Bertz CT molecular complexity index is 319. The minimum atomic E-state index is -1.24. The smallest absolute Gasteiger partial charge is 0.328 e. The zero-order valence-electron chi connectivity index (χ0n) is 11.6. The van der Waals surface area contributed by atoms with E-state index in [1.807, 2.05) is 6.92 Å². The van der Waals surface area contributed by atoms with Gasteiger partial charge in [-0.1, -0.05) is 13.3 Å². The molecule has 0 aromatic heterocycles. The molecule has 1 rings (SSSR count). The summed E-state index contributed by atoms with van der Waals surface area (Å²) in [4.78, 5) is 23.5. The van der Waals surface area contributed by atoms with Gasteiger partial charge in [0.1, 0.15) is 0 Å². The summed E-state index contributed by atoms with van der Waals surface area (Å²) in [6.07, 6.45) is 1.92. The van der Waals surface area contributed by atoms with Crippen LogP contribution in [0.5, 0.6) is 0 Å². The highest BCUT2D eigenvalue weighted by molar-refractivity contribution is 5.87. The van der Waals surface area contributed by atoms with Gasteiger partial charge in [-0.05, 0) is 39.3 Å². The third kappa shape index (κ3) is 3.91. The summed E-state index contributed by atoms with van der Waals surface area (Å²) in [5.74, 6) is -1.45. The maximum atomic E-state index is 12.4. The Kier molecular flexibility index (Phi) is 5.75. The van der Waals surface area contributed by atoms with Gasteiger partial charge in [0.2, 0.25) is 5.91 Å². The highest BCUT2D eigenvalue weighted by Gasteiger charge is 2.40. The lowest BCUT2D eigenvalue weighted by molar-refractivity contribution is -0.147. The molecule has 1 amide bonds. The second kappa shape index (κ2) is 6.86. The molecule has 6 nitrogen and oxygen atoms in total. The van der Waals surface area contributed by atoms with Gasteiger partial charge in [-0.15, -0.1) is 0 Å². The molecule has 1 aliphatic heterocycles. The van der Waals surface area contributed by atoms with Crippen molar-refractivity contribution in [3.8, 4) is 0 Å². The Hall–Kier alpha value is -1.14. The number of nitrogens with one attached hydrogen (secondary N) is 2. The second-order valence-electron chi connectivity index (χ2n) is 5.31. The number of aliphatic carboxylic acids is 1. The normalized spacial score (nSPS) is 21.4. The summed E-state index contributed by atoms with van der Waals surface area (Å²) in [6, 6.07) is -1.24. The van der Waals surface area contributed by atoms with Gasteiger partial charge < -0.3 is 20.8 Å². The predicted octanol–water partition coefficient (Wildman–Crippen LogP) is 0.107. The number of carboxylic acids is 1. The number of carbonyl (C=O) groups excluding carboxylic acids is 1. The topological polar surface area (TPSA) is 98.7 Å². The van der Waals surface area contributed by atoms with E-state index >= 15 is 0 Å². The molecule has 1 aliphatic rings. The average Bonchev–Trinajstić information content (AvgIpc) is 2.36. The lowest BCUT2D eigenvalue weighted by atomic mass is 9.74. The van der Waals surface area contributed by atoms with Crippen LogP contribution in [-0.4, -0.2) is 47.3 Å². The fourth-order valence-corrected chi connectivity index (χ4v) is 2.66. The highest BCUT2D eigenvalue weighted by atomic mass is 16.4. The Labute approximate surface area is 113 Å². The number of carbonyl (C=O) groups is 2. The summed E-state index contributed by atoms with van der Waals surface area (Å²) in [7, 11) is 0. The molecule has 0 aliphatic carbocycles. The average molecular weight is 272 g/mol. The quantitative estimate of drug-likeness (QED) is 0.550. The molecule has 110 valence electrons. The Balaban J connectivity index is 2.79. The molecule has 0 aromatic rings. The summed E-state index contributed by atoms with van der Waals surface area (Å²) < 4.78 is 0. The van der Waals surface area contributed by atoms with Crippen molar-refractivity contribution >= 4 is 11.9 Å². The number of aliphatic hydroxyl groups excluding tert-OH is 1. The Morgan fingerprint density at radius 1 is 1.37 bits per heavy atom. The van der Waals surface area contributed by atoms with Gasteiger partial charge in [-0.25, -0.2) is 4.79 Å². The summed E-state index contributed by atoms with van der Waals surface area (Å²) in [6.45, 7) is 4.91. The summed E-state index contributed by atoms with van der Waals surface area (Å²) in [5.41, 5.74) is -0.497. The monoisotopic (exact) mass is 272 g/mol. The van der Waals surface area contributed by atoms with Crippen molar-refractivity contribution in [1.82, 2.24) is 10.6 Å². The van der Waals surface area contributed by atoms with Crippen LogP contribution in [0, 0.1) is 5.41 Å². The zero-order valence-corrected chi connectivity index (χ0v) is 11.6. The van der Waals surface area contributed by atoms with Gasteiger partial charge in [-0.3, -0.25) is 4.79 Å². The first kappa shape index (κ1) is 15.9. The third-order valence-electron chi connectivity index (χ3n) is 3.81. The van der Waals surface area contributed by atoms with Gasteiger partial charge in [-0.2, -0.15) is 0 Å². The SMILES string of the molecule is CCCC1(C(=O)N[C@H](C(=O)O)[C@@H](C)O)CCNCC1. The maximum absolute atomic E-state index is 12.4. The summed E-state index contributed by atoms with van der Waals surface area (Å²) in [5, 5.41) is 24.2. The van der Waals surface area contributed by atoms with Crippen LogP contribution in [-0.2, 0) is 9.59 Å². The van der Waals surface area contributed by atoms with Crippen LogP contribution in [0.3, 0.4) is 0 Å². The molecule has 1 fully saturated rings. The molecule has 0 radical (unpaired) electrons. The minimum Gasteiger partial charge on any atom is -0.480 e. The molecule has 0 unspecified atom stereocenters. The number of hydrogen-bond acceptors (Lipinski definition) is 4. The Morgan fingerprint density at radius 3 is 2.37 bits per heavy atom. The van der Waals surface area contributed by atoms with Crippen LogP contribution in [0.25, 0.3) is 0 Å². The fourth-order valence-electron chi connectivity index (χ4n) is 2.66. The highest BCUT2D eigenvalue weighted by Crippen LogP contribution is 2.34. The number of rotatable bonds is 6. The maximum Gasteiger partial charge on any atom is 0.328 e. The lowest BCUT2D eigenvalue weighted by Gasteiger charge is -2.37. The van der Waals surface area contributed by atoms with E-state index in [-0.39, 0.29) is 5.91 Å². The van der Waals surface area contributed by atoms with Crippen molar-refractivity contribution < 1.29 is 19.8 Å². The molecule has 2 atom stereocenters. The number of amides is 1. The van der Waals surface area contributed by atoms with E-state index in [1.165, 1.54) is 6.92 Å². The van der Waals surface area contributed by atoms with Gasteiger partial charge >= 0.3 is 5.97 Å². The number of hydrogen-bond donors (Lipinski definition) is 4. The van der Waals surface area contributed by atoms with E-state index in [2.05, 4.69) is 10.6 Å².